The molecule has 0 amide bonds. The van der Waals surface area contributed by atoms with E-state index in [2.05, 4.69) is 32.0 Å². The second-order valence-electron chi connectivity index (χ2n) is 5.55. The van der Waals surface area contributed by atoms with Crippen molar-refractivity contribution in [3.05, 3.63) is 59.7 Å². The molecule has 0 bridgehead atoms. The molecule has 3 rings (SSSR count). The fourth-order valence-electron chi connectivity index (χ4n) is 2.40. The van der Waals surface area contributed by atoms with Crippen LogP contribution >= 0.6 is 0 Å². The molecule has 1 heteroatoms. The number of unbranched alkanes of at least 4 members (excludes halogenated alkanes) is 1. The van der Waals surface area contributed by atoms with Crippen LogP contribution in [-0.4, -0.2) is 0 Å². The number of hydrogen-bond acceptors (Lipinski definition) is 1. The van der Waals surface area contributed by atoms with Crippen molar-refractivity contribution in [1.82, 2.24) is 0 Å². The molecule has 0 atom stereocenters. The summed E-state index contributed by atoms with van der Waals surface area (Å²) in [5.41, 5.74) is 2.96. The van der Waals surface area contributed by atoms with E-state index in [4.69, 9.17) is 4.74 Å². The Kier molecular flexibility index (Phi) is 9.86. The van der Waals surface area contributed by atoms with Gasteiger partial charge in [-0.1, -0.05) is 64.8 Å². The summed E-state index contributed by atoms with van der Waals surface area (Å²) in [6.45, 7) is 8.36. The van der Waals surface area contributed by atoms with Gasteiger partial charge in [0, 0.05) is 0 Å². The Hall–Kier alpha value is -1.76. The highest BCUT2D eigenvalue weighted by molar-refractivity contribution is 5.39. The Balaban J connectivity index is 0.000000388. The number of ether oxygens (including phenoxy) is 1. The molecule has 0 saturated carbocycles. The molecule has 126 valence electrons. The van der Waals surface area contributed by atoms with E-state index in [1.54, 1.807) is 0 Å². The van der Waals surface area contributed by atoms with Crippen LogP contribution < -0.4 is 4.74 Å². The lowest BCUT2D eigenvalue weighted by molar-refractivity contribution is 0.481. The minimum absolute atomic E-state index is 0.906. The summed E-state index contributed by atoms with van der Waals surface area (Å²) in [5.74, 6) is 1.86. The van der Waals surface area contributed by atoms with Crippen LogP contribution in [0.5, 0.6) is 11.5 Å². The van der Waals surface area contributed by atoms with Gasteiger partial charge in [0.05, 0.1) is 0 Å². The molecule has 2 aromatic rings. The van der Waals surface area contributed by atoms with Gasteiger partial charge in [0.15, 0.2) is 0 Å². The molecule has 0 heterocycles. The summed E-state index contributed by atoms with van der Waals surface area (Å²) in [6, 6.07) is 16.4. The number of fused-ring (bicyclic) bond motifs is 1. The number of rotatable bonds is 3. The topological polar surface area (TPSA) is 9.23 Å². The van der Waals surface area contributed by atoms with Crippen molar-refractivity contribution < 1.29 is 4.74 Å². The molecule has 0 aliphatic heterocycles. The van der Waals surface area contributed by atoms with Gasteiger partial charge in [-0.05, 0) is 61.1 Å². The van der Waals surface area contributed by atoms with Crippen LogP contribution in [0, 0.1) is 0 Å². The molecule has 0 saturated heterocycles. The van der Waals surface area contributed by atoms with E-state index in [9.17, 15) is 0 Å². The molecule has 0 aromatic heterocycles. The first-order chi connectivity index (χ1) is 11.3. The summed E-state index contributed by atoms with van der Waals surface area (Å²) in [6.07, 6.45) is 7.69. The molecule has 0 radical (unpaired) electrons. The predicted octanol–water partition coefficient (Wildman–Crippen LogP) is 7.19. The standard InChI is InChI=1S/C16H16O.C4H10.C2H6/c1-2-8-15(9-3-1)17-16-11-10-13-6-4-5-7-14(13)12-16;1-3-4-2;1-2/h1-3,8-12H,4-7H2;3-4H2,1-2H3;1-2H3. The number of para-hydroxylation sites is 1. The molecule has 23 heavy (non-hydrogen) atoms. The third-order valence-electron chi connectivity index (χ3n) is 3.80. The van der Waals surface area contributed by atoms with Crippen molar-refractivity contribution in [3.8, 4) is 11.5 Å². The third-order valence-corrected chi connectivity index (χ3v) is 3.80. The van der Waals surface area contributed by atoms with Gasteiger partial charge >= 0.3 is 0 Å². The van der Waals surface area contributed by atoms with Crippen molar-refractivity contribution in [1.29, 1.82) is 0 Å². The predicted molar refractivity (Wildman–Crippen MR) is 102 cm³/mol. The van der Waals surface area contributed by atoms with Gasteiger partial charge in [0.1, 0.15) is 11.5 Å². The molecule has 0 spiro atoms. The summed E-state index contributed by atoms with van der Waals surface area (Å²) in [4.78, 5) is 0. The van der Waals surface area contributed by atoms with Gasteiger partial charge in [-0.15, -0.1) is 0 Å². The van der Waals surface area contributed by atoms with E-state index in [0.29, 0.717) is 0 Å². The number of aryl methyl sites for hydroxylation is 2. The molecule has 0 fully saturated rings. The maximum atomic E-state index is 5.84. The highest BCUT2D eigenvalue weighted by Crippen LogP contribution is 2.28. The Morgan fingerprint density at radius 3 is 1.96 bits per heavy atom. The van der Waals surface area contributed by atoms with Gasteiger partial charge in [-0.25, -0.2) is 0 Å². The Morgan fingerprint density at radius 2 is 1.35 bits per heavy atom. The lowest BCUT2D eigenvalue weighted by Crippen LogP contribution is -2.02. The van der Waals surface area contributed by atoms with Gasteiger partial charge in [0.2, 0.25) is 0 Å². The summed E-state index contributed by atoms with van der Waals surface area (Å²) >= 11 is 0. The molecule has 1 nitrogen and oxygen atoms in total. The third kappa shape index (κ3) is 6.90. The largest absolute Gasteiger partial charge is 0.457 e. The normalized spacial score (nSPS) is 12.0. The fourth-order valence-corrected chi connectivity index (χ4v) is 2.40. The Morgan fingerprint density at radius 1 is 0.739 bits per heavy atom. The average molecular weight is 312 g/mol. The average Bonchev–Trinajstić information content (AvgIpc) is 2.64. The zero-order chi connectivity index (χ0) is 16.9. The van der Waals surface area contributed by atoms with E-state index in [1.807, 2.05) is 44.2 Å². The molecule has 1 aliphatic rings. The zero-order valence-corrected chi connectivity index (χ0v) is 15.3. The lowest BCUT2D eigenvalue weighted by Gasteiger charge is -2.16. The van der Waals surface area contributed by atoms with Crippen molar-refractivity contribution in [2.24, 2.45) is 0 Å². The highest BCUT2D eigenvalue weighted by Gasteiger charge is 2.09. The van der Waals surface area contributed by atoms with Gasteiger partial charge in [0.25, 0.3) is 0 Å². The van der Waals surface area contributed by atoms with Crippen LogP contribution in [0.2, 0.25) is 0 Å². The molecule has 1 aliphatic carbocycles. The Labute approximate surface area is 142 Å². The van der Waals surface area contributed by atoms with Crippen molar-refractivity contribution in [3.63, 3.8) is 0 Å². The number of benzene rings is 2. The second kappa shape index (κ2) is 11.8. The van der Waals surface area contributed by atoms with Crippen LogP contribution in [0.1, 0.15) is 64.5 Å². The molecule has 2 aromatic carbocycles. The highest BCUT2D eigenvalue weighted by atomic mass is 16.5. The van der Waals surface area contributed by atoms with Crippen molar-refractivity contribution >= 4 is 0 Å². The molecule has 0 unspecified atom stereocenters. The summed E-state index contributed by atoms with van der Waals surface area (Å²) in [5, 5.41) is 0. The number of hydrogen-bond donors (Lipinski definition) is 0. The maximum Gasteiger partial charge on any atom is 0.127 e. The lowest BCUT2D eigenvalue weighted by atomic mass is 9.92. The summed E-state index contributed by atoms with van der Waals surface area (Å²) < 4.78 is 5.84. The van der Waals surface area contributed by atoms with Gasteiger partial charge in [-0.2, -0.15) is 0 Å². The van der Waals surface area contributed by atoms with E-state index in [1.165, 1.54) is 49.7 Å². The Bertz CT molecular complexity index is 529. The second-order valence-corrected chi connectivity index (χ2v) is 5.55. The molecular formula is C22H32O. The van der Waals surface area contributed by atoms with Crippen LogP contribution in [-0.2, 0) is 12.8 Å². The van der Waals surface area contributed by atoms with E-state index >= 15 is 0 Å². The first kappa shape index (κ1) is 19.3. The van der Waals surface area contributed by atoms with Crippen LogP contribution in [0.3, 0.4) is 0 Å². The van der Waals surface area contributed by atoms with Crippen molar-refractivity contribution in [2.45, 2.75) is 66.2 Å². The van der Waals surface area contributed by atoms with Crippen LogP contribution in [0.4, 0.5) is 0 Å². The first-order valence-electron chi connectivity index (χ1n) is 9.18. The van der Waals surface area contributed by atoms with Gasteiger partial charge < -0.3 is 4.74 Å². The fraction of sp³-hybridized carbons (Fsp3) is 0.455. The smallest absolute Gasteiger partial charge is 0.127 e. The zero-order valence-electron chi connectivity index (χ0n) is 15.3. The SMILES string of the molecule is CC.CCCC.c1ccc(Oc2ccc3c(c2)CCCC3)cc1. The van der Waals surface area contributed by atoms with E-state index in [0.717, 1.165) is 11.5 Å². The van der Waals surface area contributed by atoms with Crippen LogP contribution in [0.15, 0.2) is 48.5 Å². The monoisotopic (exact) mass is 312 g/mol. The maximum absolute atomic E-state index is 5.84. The van der Waals surface area contributed by atoms with E-state index in [-0.39, 0.29) is 0 Å². The molecule has 0 N–H and O–H groups in total. The molecular weight excluding hydrogens is 280 g/mol. The quantitative estimate of drug-likeness (QED) is 0.582. The van der Waals surface area contributed by atoms with E-state index < -0.39 is 0 Å². The van der Waals surface area contributed by atoms with Gasteiger partial charge in [-0.3, -0.25) is 0 Å². The summed E-state index contributed by atoms with van der Waals surface area (Å²) in [7, 11) is 0. The van der Waals surface area contributed by atoms with Crippen molar-refractivity contribution in [2.75, 3.05) is 0 Å². The first-order valence-corrected chi connectivity index (χ1v) is 9.18. The van der Waals surface area contributed by atoms with Crippen LogP contribution in [0.25, 0.3) is 0 Å². The minimum Gasteiger partial charge on any atom is -0.457 e. The minimum atomic E-state index is 0.906.